The van der Waals surface area contributed by atoms with Crippen molar-refractivity contribution in [3.05, 3.63) is 47.8 Å². The summed E-state index contributed by atoms with van der Waals surface area (Å²) in [7, 11) is 2.04. The molecule has 0 spiro atoms. The normalized spacial score (nSPS) is 17.1. The highest BCUT2D eigenvalue weighted by Crippen LogP contribution is 2.24. The summed E-state index contributed by atoms with van der Waals surface area (Å²) in [5, 5.41) is 16.7. The summed E-state index contributed by atoms with van der Waals surface area (Å²) in [5.74, 6) is 1.65. The molecule has 1 aliphatic rings. The van der Waals surface area contributed by atoms with Crippen molar-refractivity contribution >= 4 is 17.2 Å². The van der Waals surface area contributed by atoms with E-state index < -0.39 is 0 Å². The molecule has 3 aromatic rings. The zero-order valence-corrected chi connectivity index (χ0v) is 14.5. The summed E-state index contributed by atoms with van der Waals surface area (Å²) >= 11 is 0. The predicted molar refractivity (Wildman–Crippen MR) is 96.9 cm³/mol. The van der Waals surface area contributed by atoms with E-state index in [4.69, 9.17) is 9.84 Å². The largest absolute Gasteiger partial charge is 0.379 e. The van der Waals surface area contributed by atoms with Gasteiger partial charge in [0.1, 0.15) is 0 Å². The van der Waals surface area contributed by atoms with E-state index in [0.29, 0.717) is 6.04 Å². The number of anilines is 2. The van der Waals surface area contributed by atoms with Gasteiger partial charge in [0.05, 0.1) is 18.3 Å². The molecule has 1 saturated heterocycles. The molecule has 130 valence electrons. The van der Waals surface area contributed by atoms with Crippen LogP contribution in [0.25, 0.3) is 5.65 Å². The number of nitrogens with zero attached hydrogens (tertiary/aromatic N) is 5. The first-order valence-corrected chi connectivity index (χ1v) is 8.53. The Morgan fingerprint density at radius 3 is 2.88 bits per heavy atom. The minimum absolute atomic E-state index is 0.301. The van der Waals surface area contributed by atoms with Crippen LogP contribution in [-0.4, -0.2) is 46.1 Å². The zero-order valence-electron chi connectivity index (χ0n) is 14.5. The van der Waals surface area contributed by atoms with Gasteiger partial charge in [0.25, 0.3) is 0 Å². The number of benzene rings is 1. The molecule has 1 aromatic carbocycles. The molecule has 1 atom stereocenters. The number of aromatic nitrogens is 4. The van der Waals surface area contributed by atoms with Crippen LogP contribution in [0, 0.1) is 6.92 Å². The highest BCUT2D eigenvalue weighted by atomic mass is 16.5. The molecule has 0 aliphatic carbocycles. The maximum Gasteiger partial charge on any atom is 0.201 e. The van der Waals surface area contributed by atoms with Crippen molar-refractivity contribution in [1.82, 2.24) is 19.8 Å². The Labute approximate surface area is 146 Å². The molecule has 7 nitrogen and oxygen atoms in total. The van der Waals surface area contributed by atoms with Crippen LogP contribution in [0.5, 0.6) is 0 Å². The topological polar surface area (TPSA) is 67.6 Å². The monoisotopic (exact) mass is 338 g/mol. The quantitative estimate of drug-likeness (QED) is 0.770. The second kappa shape index (κ2) is 6.68. The van der Waals surface area contributed by atoms with E-state index in [1.807, 2.05) is 26.1 Å². The number of hydrogen-bond donors (Lipinski definition) is 1. The lowest BCUT2D eigenvalue weighted by atomic mass is 10.2. The van der Waals surface area contributed by atoms with Crippen molar-refractivity contribution in [3.63, 3.8) is 0 Å². The van der Waals surface area contributed by atoms with Gasteiger partial charge in [0, 0.05) is 26.3 Å². The number of fused-ring (bicyclic) bond motifs is 1. The lowest BCUT2D eigenvalue weighted by Crippen LogP contribution is -2.22. The van der Waals surface area contributed by atoms with Crippen LogP contribution in [-0.2, 0) is 11.3 Å². The number of hydrogen-bond acceptors (Lipinski definition) is 6. The third-order valence-electron chi connectivity index (χ3n) is 4.46. The van der Waals surface area contributed by atoms with E-state index >= 15 is 0 Å². The van der Waals surface area contributed by atoms with Crippen molar-refractivity contribution in [1.29, 1.82) is 0 Å². The average molecular weight is 338 g/mol. The summed E-state index contributed by atoms with van der Waals surface area (Å²) in [6, 6.07) is 12.7. The summed E-state index contributed by atoms with van der Waals surface area (Å²) in [4.78, 5) is 2.13. The zero-order chi connectivity index (χ0) is 17.2. The molecular formula is C18H22N6O. The molecular weight excluding hydrogens is 316 g/mol. The fourth-order valence-corrected chi connectivity index (χ4v) is 3.07. The molecule has 0 unspecified atom stereocenters. The van der Waals surface area contributed by atoms with Gasteiger partial charge in [-0.3, -0.25) is 0 Å². The number of aryl methyl sites for hydroxylation is 1. The van der Waals surface area contributed by atoms with Gasteiger partial charge in [-0.05, 0) is 18.9 Å². The van der Waals surface area contributed by atoms with Gasteiger partial charge in [-0.15, -0.1) is 15.3 Å². The Morgan fingerprint density at radius 1 is 1.28 bits per heavy atom. The third-order valence-corrected chi connectivity index (χ3v) is 4.46. The Kier molecular flexibility index (Phi) is 4.23. The van der Waals surface area contributed by atoms with Gasteiger partial charge in [0.15, 0.2) is 11.6 Å². The number of nitrogens with one attached hydrogen (secondary N) is 1. The van der Waals surface area contributed by atoms with E-state index in [1.54, 1.807) is 4.52 Å². The van der Waals surface area contributed by atoms with E-state index in [2.05, 4.69) is 44.7 Å². The first kappa shape index (κ1) is 15.8. The number of ether oxygens (including phenoxy) is 1. The van der Waals surface area contributed by atoms with Gasteiger partial charge in [-0.1, -0.05) is 30.3 Å². The Bertz CT molecular complexity index is 857. The Hall–Kier alpha value is -2.67. The first-order valence-electron chi connectivity index (χ1n) is 8.53. The summed E-state index contributed by atoms with van der Waals surface area (Å²) in [6.07, 6.45) is 0.997. The molecule has 25 heavy (non-hydrogen) atoms. The van der Waals surface area contributed by atoms with Gasteiger partial charge in [-0.2, -0.15) is 4.52 Å². The summed E-state index contributed by atoms with van der Waals surface area (Å²) < 4.78 is 7.27. The smallest absolute Gasteiger partial charge is 0.201 e. The van der Waals surface area contributed by atoms with Crippen LogP contribution in [0.15, 0.2) is 36.4 Å². The maximum atomic E-state index is 5.47. The molecule has 0 bridgehead atoms. The summed E-state index contributed by atoms with van der Waals surface area (Å²) in [5.41, 5.74) is 2.94. The van der Waals surface area contributed by atoms with Gasteiger partial charge >= 0.3 is 0 Å². The highest BCUT2D eigenvalue weighted by molar-refractivity contribution is 5.70. The molecule has 1 fully saturated rings. The second-order valence-corrected chi connectivity index (χ2v) is 6.45. The van der Waals surface area contributed by atoms with Crippen molar-refractivity contribution in [2.45, 2.75) is 25.9 Å². The van der Waals surface area contributed by atoms with Crippen LogP contribution in [0.2, 0.25) is 0 Å². The van der Waals surface area contributed by atoms with Gasteiger partial charge < -0.3 is 15.0 Å². The molecule has 1 N–H and O–H groups in total. The van der Waals surface area contributed by atoms with E-state index in [9.17, 15) is 0 Å². The Morgan fingerprint density at radius 2 is 2.12 bits per heavy atom. The minimum atomic E-state index is 0.301. The molecule has 7 heteroatoms. The fraction of sp³-hybridized carbons (Fsp3) is 0.389. The molecule has 3 heterocycles. The number of rotatable bonds is 5. The van der Waals surface area contributed by atoms with Crippen molar-refractivity contribution in [2.24, 2.45) is 0 Å². The van der Waals surface area contributed by atoms with Crippen LogP contribution >= 0.6 is 0 Å². The van der Waals surface area contributed by atoms with E-state index in [1.165, 1.54) is 5.56 Å². The fourth-order valence-electron chi connectivity index (χ4n) is 3.07. The molecule has 2 aromatic heterocycles. The highest BCUT2D eigenvalue weighted by Gasteiger charge is 2.19. The second-order valence-electron chi connectivity index (χ2n) is 6.45. The van der Waals surface area contributed by atoms with Crippen molar-refractivity contribution in [2.75, 3.05) is 30.5 Å². The first-order chi connectivity index (χ1) is 12.2. The third kappa shape index (κ3) is 3.28. The standard InChI is InChI=1S/C18H22N6O/c1-13-20-21-18-16(19-15-8-9-25-12-15)10-17(22-24(13)18)23(2)11-14-6-4-3-5-7-14/h3-7,10,15,19H,8-9,11-12H2,1-2H3/t15-/m0/s1. The average Bonchev–Trinajstić information content (AvgIpc) is 3.26. The van der Waals surface area contributed by atoms with Crippen LogP contribution in [0.1, 0.15) is 17.8 Å². The van der Waals surface area contributed by atoms with E-state index in [0.717, 1.165) is 49.2 Å². The van der Waals surface area contributed by atoms with Gasteiger partial charge in [0.2, 0.25) is 5.65 Å². The van der Waals surface area contributed by atoms with Crippen molar-refractivity contribution < 1.29 is 4.74 Å². The summed E-state index contributed by atoms with van der Waals surface area (Å²) in [6.45, 7) is 4.21. The van der Waals surface area contributed by atoms with Crippen LogP contribution < -0.4 is 10.2 Å². The van der Waals surface area contributed by atoms with E-state index in [-0.39, 0.29) is 0 Å². The lowest BCUT2D eigenvalue weighted by Gasteiger charge is -2.20. The van der Waals surface area contributed by atoms with Crippen LogP contribution in [0.3, 0.4) is 0 Å². The van der Waals surface area contributed by atoms with Gasteiger partial charge in [-0.25, -0.2) is 0 Å². The molecule has 0 saturated carbocycles. The SMILES string of the molecule is Cc1nnc2c(N[C@H]3CCOC3)cc(N(C)Cc3ccccc3)nn12. The predicted octanol–water partition coefficient (Wildman–Crippen LogP) is 2.27. The molecule has 0 radical (unpaired) electrons. The minimum Gasteiger partial charge on any atom is -0.379 e. The molecule has 4 rings (SSSR count). The Balaban J connectivity index is 1.67. The lowest BCUT2D eigenvalue weighted by molar-refractivity contribution is 0.195. The van der Waals surface area contributed by atoms with Crippen LogP contribution in [0.4, 0.5) is 11.5 Å². The molecule has 0 amide bonds. The molecule has 1 aliphatic heterocycles. The maximum absolute atomic E-state index is 5.47. The van der Waals surface area contributed by atoms with Crippen molar-refractivity contribution in [3.8, 4) is 0 Å².